The van der Waals surface area contributed by atoms with E-state index in [1.54, 1.807) is 5.57 Å². The molecule has 4 aliphatic rings. The van der Waals surface area contributed by atoms with Crippen molar-refractivity contribution in [2.75, 3.05) is 0 Å². The van der Waals surface area contributed by atoms with Crippen LogP contribution in [0.1, 0.15) is 118 Å². The van der Waals surface area contributed by atoms with E-state index in [-0.39, 0.29) is 104 Å². The van der Waals surface area contributed by atoms with Gasteiger partial charge in [-0.1, -0.05) is 71.8 Å². The molecule has 5 rings (SSSR count). The second-order valence-corrected chi connectivity index (χ2v) is 18.2. The summed E-state index contributed by atoms with van der Waals surface area (Å²) in [6.07, 6.45) is 14.9. The van der Waals surface area contributed by atoms with E-state index in [0.29, 0.717) is 23.8 Å². The van der Waals surface area contributed by atoms with E-state index in [2.05, 4.69) is 51.8 Å². The van der Waals surface area contributed by atoms with Crippen LogP contribution in [0.3, 0.4) is 0 Å². The molecule has 0 N–H and O–H groups in total. The van der Waals surface area contributed by atoms with Gasteiger partial charge in [-0.15, -0.1) is 0 Å². The fraction of sp³-hybridized carbons (Fsp3) is 0.722. The number of fused-ring (bicyclic) bond motifs is 2. The fourth-order valence-electron chi connectivity index (χ4n) is 10.4. The van der Waals surface area contributed by atoms with Crippen LogP contribution >= 0.6 is 0 Å². The maximum Gasteiger partial charge on any atom is 1.00 e. The first-order valence-corrected chi connectivity index (χ1v) is 19.7. The summed E-state index contributed by atoms with van der Waals surface area (Å²) in [7, 11) is -10.2. The summed E-state index contributed by atoms with van der Waals surface area (Å²) in [6, 6.07) is 3.64. The van der Waals surface area contributed by atoms with Crippen LogP contribution < -0.4 is 67.5 Å². The van der Waals surface area contributed by atoms with Crippen molar-refractivity contribution in [3.8, 4) is 11.5 Å². The van der Waals surface area contributed by atoms with E-state index < -0.39 is 20.8 Å². The summed E-state index contributed by atoms with van der Waals surface area (Å²) in [5, 5.41) is 0. The van der Waals surface area contributed by atoms with Gasteiger partial charge in [-0.25, -0.2) is 16.8 Å². The first kappa shape index (κ1) is 42.5. The Morgan fingerprint density at radius 2 is 1.52 bits per heavy atom. The zero-order valence-corrected chi connectivity index (χ0v) is 36.0. The molecule has 3 saturated carbocycles. The third-order valence-corrected chi connectivity index (χ3v) is 14.2. The minimum absolute atomic E-state index is 0. The Morgan fingerprint density at radius 1 is 0.854 bits per heavy atom. The molecule has 0 radical (unpaired) electrons. The van der Waals surface area contributed by atoms with Crippen LogP contribution in [0.25, 0.3) is 0 Å². The number of hydrogen-bond acceptors (Lipinski definition) is 8. The standard InChI is InChI=1S/C36H54O8S2.2Na/c1-24-13-15-29-30(11-9-18-33(29,4)5)34(24,6)20-21-36-19-17-25(2)35(7,32(36)12-8-10-26(36)3)23-27-22-28(43-45(37,38)39)14-16-31(27)44-46(40,41)42;;/h14-16,22,24-25,30,32H,3,8-13,17-21,23H2,1-2,4-7H3,(H,37,38,39)(H,40,41,42);;/q;2*+1/p-2/t24-,25+,30+,32-,34+,35+,36?;;/m0../s1. The maximum atomic E-state index is 11.7. The molecule has 4 aliphatic carbocycles. The molecule has 1 aromatic carbocycles. The van der Waals surface area contributed by atoms with Gasteiger partial charge in [0.05, 0.1) is 0 Å². The Kier molecular flexibility index (Phi) is 13.5. The van der Waals surface area contributed by atoms with Crippen molar-refractivity contribution in [1.82, 2.24) is 0 Å². The molecule has 0 bridgehead atoms. The second kappa shape index (κ2) is 15.2. The third-order valence-electron chi connectivity index (χ3n) is 13.5. The van der Waals surface area contributed by atoms with Crippen molar-refractivity contribution >= 4 is 20.8 Å². The number of hydrogen-bond donors (Lipinski definition) is 0. The first-order chi connectivity index (χ1) is 21.2. The molecule has 48 heavy (non-hydrogen) atoms. The fourth-order valence-corrected chi connectivity index (χ4v) is 11.2. The topological polar surface area (TPSA) is 133 Å². The van der Waals surface area contributed by atoms with Crippen LogP contribution in [0.5, 0.6) is 11.5 Å². The van der Waals surface area contributed by atoms with Crippen LogP contribution in [0.4, 0.5) is 0 Å². The summed E-state index contributed by atoms with van der Waals surface area (Å²) < 4.78 is 78.7. The molecule has 3 fully saturated rings. The first-order valence-electron chi connectivity index (χ1n) is 17.0. The van der Waals surface area contributed by atoms with Crippen molar-refractivity contribution < 1.29 is 93.4 Å². The van der Waals surface area contributed by atoms with Crippen LogP contribution in [-0.2, 0) is 27.2 Å². The number of allylic oxidation sites excluding steroid dienone is 3. The number of benzene rings is 1. The Hall–Kier alpha value is 0.120. The van der Waals surface area contributed by atoms with Crippen molar-refractivity contribution in [2.45, 2.75) is 119 Å². The van der Waals surface area contributed by atoms with E-state index in [0.717, 1.165) is 57.4 Å². The molecule has 1 unspecified atom stereocenters. The Bertz CT molecular complexity index is 1610. The predicted octanol–water partition coefficient (Wildman–Crippen LogP) is 2.27. The molecule has 0 aliphatic heterocycles. The summed E-state index contributed by atoms with van der Waals surface area (Å²) >= 11 is 0. The van der Waals surface area contributed by atoms with E-state index in [4.69, 9.17) is 10.8 Å². The maximum absolute atomic E-state index is 11.7. The van der Waals surface area contributed by atoms with Crippen LogP contribution in [-0.4, -0.2) is 25.9 Å². The van der Waals surface area contributed by atoms with Gasteiger partial charge in [0.1, 0.15) is 11.5 Å². The van der Waals surface area contributed by atoms with Crippen molar-refractivity contribution in [3.05, 3.63) is 47.6 Å². The Morgan fingerprint density at radius 3 is 2.17 bits per heavy atom. The molecule has 12 heteroatoms. The molecular weight excluding hydrogens is 671 g/mol. The second-order valence-electron chi connectivity index (χ2n) is 16.2. The SMILES string of the molecule is C=C1CCC[C@@H]2C1(CC[C@@]1(C)[C@@H]3CCCC(C)(C)C3=CC[C@@H]1C)CC[C@@H](C)[C@@]2(C)Cc1cc(OS(=O)(=O)[O-])ccc1OS(=O)(=O)[O-].[Na+].[Na+]. The molecule has 0 saturated heterocycles. The largest absolute Gasteiger partial charge is 1.00 e. The summed E-state index contributed by atoms with van der Waals surface area (Å²) in [4.78, 5) is 0. The quantitative estimate of drug-likeness (QED) is 0.164. The Labute approximate surface area is 334 Å². The molecule has 258 valence electrons. The van der Waals surface area contributed by atoms with Gasteiger partial charge in [-0.3, -0.25) is 0 Å². The molecule has 0 aromatic heterocycles. The van der Waals surface area contributed by atoms with Crippen LogP contribution in [0.15, 0.2) is 42.0 Å². The van der Waals surface area contributed by atoms with E-state index in [1.807, 2.05) is 0 Å². The third kappa shape index (κ3) is 8.50. The summed E-state index contributed by atoms with van der Waals surface area (Å²) in [5.41, 5.74) is 3.25. The molecule has 0 heterocycles. The van der Waals surface area contributed by atoms with Gasteiger partial charge in [0.2, 0.25) is 0 Å². The van der Waals surface area contributed by atoms with Gasteiger partial charge in [-0.05, 0) is 134 Å². The van der Waals surface area contributed by atoms with Gasteiger partial charge in [0.25, 0.3) is 20.8 Å². The average molecular weight is 723 g/mol. The Balaban J connectivity index is 0.00000312. The van der Waals surface area contributed by atoms with Gasteiger partial charge in [-0.2, -0.15) is 0 Å². The van der Waals surface area contributed by atoms with E-state index in [1.165, 1.54) is 37.0 Å². The summed E-state index contributed by atoms with van der Waals surface area (Å²) in [6.45, 7) is 19.0. The molecule has 8 nitrogen and oxygen atoms in total. The average Bonchev–Trinajstić information content (AvgIpc) is 2.93. The molecule has 1 aromatic rings. The van der Waals surface area contributed by atoms with E-state index in [9.17, 15) is 25.9 Å². The van der Waals surface area contributed by atoms with Crippen molar-refractivity contribution in [3.63, 3.8) is 0 Å². The van der Waals surface area contributed by atoms with Crippen molar-refractivity contribution in [1.29, 1.82) is 0 Å². The zero-order valence-electron chi connectivity index (χ0n) is 30.4. The molecule has 0 spiro atoms. The van der Waals surface area contributed by atoms with Gasteiger partial charge in [0, 0.05) is 5.56 Å². The smallest absolute Gasteiger partial charge is 0.716 e. The molecule has 0 amide bonds. The zero-order chi connectivity index (χ0) is 33.9. The van der Waals surface area contributed by atoms with Gasteiger partial charge < -0.3 is 17.5 Å². The van der Waals surface area contributed by atoms with Gasteiger partial charge in [0.15, 0.2) is 0 Å². The van der Waals surface area contributed by atoms with Crippen LogP contribution in [0.2, 0.25) is 0 Å². The van der Waals surface area contributed by atoms with Crippen molar-refractivity contribution in [2.24, 2.45) is 45.3 Å². The minimum Gasteiger partial charge on any atom is -0.716 e. The monoisotopic (exact) mass is 722 g/mol. The predicted molar refractivity (Wildman–Crippen MR) is 177 cm³/mol. The van der Waals surface area contributed by atoms with Gasteiger partial charge >= 0.3 is 59.1 Å². The molecule has 7 atom stereocenters. The number of rotatable bonds is 9. The van der Waals surface area contributed by atoms with Crippen LogP contribution in [0, 0.1) is 45.3 Å². The molecular formula is C36H52Na2O8S2. The minimum atomic E-state index is -5.11. The van der Waals surface area contributed by atoms with E-state index >= 15 is 0 Å². The normalized spacial score (nSPS) is 34.8. The summed E-state index contributed by atoms with van der Waals surface area (Å²) in [5.74, 6) is 1.20.